The van der Waals surface area contributed by atoms with Crippen LogP contribution < -0.4 is 14.8 Å². The Morgan fingerprint density at radius 1 is 1.21 bits per heavy atom. The minimum absolute atomic E-state index is 0.0405. The lowest BCUT2D eigenvalue weighted by atomic mass is 9.94. The van der Waals surface area contributed by atoms with Gasteiger partial charge in [0.15, 0.2) is 0 Å². The van der Waals surface area contributed by atoms with Gasteiger partial charge in [-0.05, 0) is 25.7 Å². The van der Waals surface area contributed by atoms with Crippen LogP contribution in [0.3, 0.4) is 0 Å². The minimum atomic E-state index is -0.965. The summed E-state index contributed by atoms with van der Waals surface area (Å²) in [5.74, 6) is 0.664. The molecule has 0 unspecified atom stereocenters. The number of hydrogen-bond donors (Lipinski definition) is 2. The zero-order chi connectivity index (χ0) is 24.1. The van der Waals surface area contributed by atoms with Crippen LogP contribution >= 0.6 is 0 Å². The number of carboxylic acids is 1. The van der Waals surface area contributed by atoms with E-state index < -0.39 is 5.97 Å². The molecule has 1 aliphatic carbocycles. The smallest absolute Gasteiger partial charge is 0.323 e. The molecule has 1 aromatic carbocycles. The number of aliphatic carboxylic acids is 1. The number of unbranched alkanes of at least 4 members (excludes halogenated alkanes) is 1. The Morgan fingerprint density at radius 2 is 2.00 bits per heavy atom. The van der Waals surface area contributed by atoms with Crippen molar-refractivity contribution in [2.24, 2.45) is 4.99 Å². The van der Waals surface area contributed by atoms with Crippen LogP contribution in [-0.2, 0) is 20.9 Å². The van der Waals surface area contributed by atoms with Gasteiger partial charge >= 0.3 is 5.97 Å². The van der Waals surface area contributed by atoms with Crippen LogP contribution in [0.2, 0.25) is 0 Å². The summed E-state index contributed by atoms with van der Waals surface area (Å²) in [6.07, 6.45) is 6.59. The summed E-state index contributed by atoms with van der Waals surface area (Å²) in [5.41, 5.74) is 1.61. The first kappa shape index (κ1) is 23.8. The predicted octanol–water partition coefficient (Wildman–Crippen LogP) is 2.42. The van der Waals surface area contributed by atoms with Crippen LogP contribution in [0, 0.1) is 0 Å². The van der Waals surface area contributed by atoms with Crippen molar-refractivity contribution in [3.63, 3.8) is 0 Å². The van der Waals surface area contributed by atoms with Crippen molar-refractivity contribution in [2.45, 2.75) is 64.0 Å². The SMILES string of the molecule is COc1cc(OCCCCC(=O)N(CC(=O)O)C2CCCCC2)cc2c1CN1CC(=O)NC1=N2. The predicted molar refractivity (Wildman–Crippen MR) is 124 cm³/mol. The minimum Gasteiger partial charge on any atom is -0.496 e. The van der Waals surface area contributed by atoms with E-state index in [1.807, 2.05) is 17.0 Å². The third kappa shape index (κ3) is 5.60. The van der Waals surface area contributed by atoms with E-state index in [0.717, 1.165) is 37.7 Å². The maximum Gasteiger partial charge on any atom is 0.323 e. The molecule has 2 aliphatic heterocycles. The fraction of sp³-hybridized carbons (Fsp3) is 0.583. The van der Waals surface area contributed by atoms with Crippen molar-refractivity contribution in [1.29, 1.82) is 0 Å². The molecule has 3 aliphatic rings. The van der Waals surface area contributed by atoms with Crippen molar-refractivity contribution in [1.82, 2.24) is 15.1 Å². The highest BCUT2D eigenvalue weighted by Gasteiger charge is 2.31. The van der Waals surface area contributed by atoms with Crippen LogP contribution in [0.4, 0.5) is 5.69 Å². The van der Waals surface area contributed by atoms with E-state index in [4.69, 9.17) is 9.47 Å². The second-order valence-corrected chi connectivity index (χ2v) is 8.98. The zero-order valence-electron chi connectivity index (χ0n) is 19.5. The van der Waals surface area contributed by atoms with Gasteiger partial charge in [-0.25, -0.2) is 4.99 Å². The topological polar surface area (TPSA) is 121 Å². The number of methoxy groups -OCH3 is 1. The van der Waals surface area contributed by atoms with Crippen molar-refractivity contribution >= 4 is 29.4 Å². The Hall–Kier alpha value is -3.30. The fourth-order valence-corrected chi connectivity index (χ4v) is 4.83. The number of rotatable bonds is 10. The molecule has 2 heterocycles. The van der Waals surface area contributed by atoms with Crippen LogP contribution in [-0.4, -0.2) is 71.5 Å². The van der Waals surface area contributed by atoms with Gasteiger partial charge in [0, 0.05) is 30.2 Å². The number of amides is 2. The fourth-order valence-electron chi connectivity index (χ4n) is 4.83. The molecule has 0 aromatic heterocycles. The van der Waals surface area contributed by atoms with Crippen LogP contribution in [0.25, 0.3) is 0 Å². The Morgan fingerprint density at radius 3 is 2.74 bits per heavy atom. The van der Waals surface area contributed by atoms with Crippen molar-refractivity contribution in [3.8, 4) is 11.5 Å². The number of nitrogens with zero attached hydrogens (tertiary/aromatic N) is 3. The molecule has 0 atom stereocenters. The summed E-state index contributed by atoms with van der Waals surface area (Å²) in [4.78, 5) is 43.6. The van der Waals surface area contributed by atoms with Gasteiger partial charge in [0.25, 0.3) is 0 Å². The Balaban J connectivity index is 1.29. The molecule has 1 aromatic rings. The molecular formula is C24H32N4O6. The first-order valence-corrected chi connectivity index (χ1v) is 11.9. The van der Waals surface area contributed by atoms with Crippen LogP contribution in [0.1, 0.15) is 56.9 Å². The molecule has 0 spiro atoms. The Kier molecular flexibility index (Phi) is 7.54. The molecule has 0 radical (unpaired) electrons. The number of carboxylic acid groups (broad SMARTS) is 1. The van der Waals surface area contributed by atoms with E-state index in [-0.39, 0.29) is 30.9 Å². The largest absolute Gasteiger partial charge is 0.496 e. The van der Waals surface area contributed by atoms with E-state index in [1.165, 1.54) is 0 Å². The van der Waals surface area contributed by atoms with Crippen LogP contribution in [0.15, 0.2) is 17.1 Å². The standard InChI is InChI=1S/C24H32N4O6/c1-33-20-12-17(11-19-18(20)13-27-14-21(29)26-24(27)25-19)34-10-6-5-9-22(30)28(15-23(31)32)16-7-3-2-4-8-16/h11-12,16H,2-10,13-15H2,1H3,(H,31,32)(H,25,26,29). The van der Waals surface area contributed by atoms with Gasteiger partial charge in [0.2, 0.25) is 17.8 Å². The number of fused-ring (bicyclic) bond motifs is 2. The number of hydrogen-bond acceptors (Lipinski definition) is 7. The van der Waals surface area contributed by atoms with E-state index in [1.54, 1.807) is 12.0 Å². The monoisotopic (exact) mass is 472 g/mol. The van der Waals surface area contributed by atoms with Crippen LogP contribution in [0.5, 0.6) is 11.5 Å². The van der Waals surface area contributed by atoms with E-state index in [2.05, 4.69) is 10.3 Å². The Bertz CT molecular complexity index is 972. The highest BCUT2D eigenvalue weighted by atomic mass is 16.5. The van der Waals surface area contributed by atoms with E-state index in [0.29, 0.717) is 55.6 Å². The van der Waals surface area contributed by atoms with E-state index >= 15 is 0 Å². The third-order valence-corrected chi connectivity index (χ3v) is 6.53. The van der Waals surface area contributed by atoms with Gasteiger partial charge in [0.1, 0.15) is 24.6 Å². The molecule has 1 saturated heterocycles. The summed E-state index contributed by atoms with van der Waals surface area (Å²) in [5, 5.41) is 12.0. The molecule has 2 fully saturated rings. The van der Waals surface area contributed by atoms with Crippen molar-refractivity contribution in [3.05, 3.63) is 17.7 Å². The van der Waals surface area contributed by atoms with Gasteiger partial charge < -0.3 is 24.4 Å². The van der Waals surface area contributed by atoms with Gasteiger partial charge in [-0.1, -0.05) is 19.3 Å². The van der Waals surface area contributed by atoms with Gasteiger partial charge in [-0.15, -0.1) is 0 Å². The quantitative estimate of drug-likeness (QED) is 0.502. The van der Waals surface area contributed by atoms with Crippen molar-refractivity contribution in [2.75, 3.05) is 26.8 Å². The lowest BCUT2D eigenvalue weighted by Gasteiger charge is -2.33. The number of nitrogens with one attached hydrogen (secondary N) is 1. The normalized spacial score (nSPS) is 17.4. The lowest BCUT2D eigenvalue weighted by molar-refractivity contribution is -0.146. The molecule has 10 heteroatoms. The lowest BCUT2D eigenvalue weighted by Crippen LogP contribution is -2.44. The molecular weight excluding hydrogens is 440 g/mol. The maximum atomic E-state index is 12.7. The summed E-state index contributed by atoms with van der Waals surface area (Å²) in [7, 11) is 1.59. The second kappa shape index (κ2) is 10.8. The maximum absolute atomic E-state index is 12.7. The van der Waals surface area contributed by atoms with Crippen molar-refractivity contribution < 1.29 is 29.0 Å². The first-order valence-electron chi connectivity index (χ1n) is 11.9. The number of aliphatic imine (C=N–C) groups is 1. The average molecular weight is 473 g/mol. The van der Waals surface area contributed by atoms with E-state index in [9.17, 15) is 19.5 Å². The van der Waals surface area contributed by atoms with Gasteiger partial charge in [-0.3, -0.25) is 19.7 Å². The number of ether oxygens (including phenoxy) is 2. The number of guanidine groups is 1. The number of carbonyl (C=O) groups is 3. The third-order valence-electron chi connectivity index (χ3n) is 6.53. The molecule has 184 valence electrons. The molecule has 0 bridgehead atoms. The summed E-state index contributed by atoms with van der Waals surface area (Å²) in [6.45, 7) is 1.00. The summed E-state index contributed by atoms with van der Waals surface area (Å²) in [6, 6.07) is 3.68. The van der Waals surface area contributed by atoms with Gasteiger partial charge in [-0.2, -0.15) is 0 Å². The summed E-state index contributed by atoms with van der Waals surface area (Å²) < 4.78 is 11.4. The molecule has 34 heavy (non-hydrogen) atoms. The Labute approximate surface area is 198 Å². The number of carbonyl (C=O) groups excluding carboxylic acids is 2. The highest BCUT2D eigenvalue weighted by molar-refractivity contribution is 6.06. The second-order valence-electron chi connectivity index (χ2n) is 8.98. The zero-order valence-corrected chi connectivity index (χ0v) is 19.5. The first-order chi connectivity index (χ1) is 16.4. The molecule has 4 rings (SSSR count). The molecule has 2 N–H and O–H groups in total. The molecule has 10 nitrogen and oxygen atoms in total. The molecule has 1 saturated carbocycles. The average Bonchev–Trinajstić information content (AvgIpc) is 3.19. The summed E-state index contributed by atoms with van der Waals surface area (Å²) >= 11 is 0. The van der Waals surface area contributed by atoms with Gasteiger partial charge in [0.05, 0.1) is 25.9 Å². The number of benzene rings is 1. The highest BCUT2D eigenvalue weighted by Crippen LogP contribution is 2.38. The molecule has 2 amide bonds.